The lowest BCUT2D eigenvalue weighted by molar-refractivity contribution is 0.306. The van der Waals surface area contributed by atoms with Gasteiger partial charge < -0.3 is 4.74 Å². The van der Waals surface area contributed by atoms with E-state index in [1.54, 1.807) is 0 Å². The normalized spacial score (nSPS) is 9.90. The van der Waals surface area contributed by atoms with E-state index in [1.165, 1.54) is 0 Å². The van der Waals surface area contributed by atoms with E-state index in [-0.39, 0.29) is 0 Å². The summed E-state index contributed by atoms with van der Waals surface area (Å²) in [5.74, 6) is 7.46. The van der Waals surface area contributed by atoms with Gasteiger partial charge in [0.05, 0.1) is 6.20 Å². The summed E-state index contributed by atoms with van der Waals surface area (Å²) in [4.78, 5) is 0. The summed E-state index contributed by atoms with van der Waals surface area (Å²) < 4.78 is 7.59. The minimum Gasteiger partial charge on any atom is -0.489 e. The Bertz CT molecular complexity index is 593. The second-order valence-corrected chi connectivity index (χ2v) is 4.64. The summed E-state index contributed by atoms with van der Waals surface area (Å²) in [5, 5.41) is 4.21. The fraction of sp³-hybridized carbons (Fsp3) is 0.312. The lowest BCUT2D eigenvalue weighted by Crippen LogP contribution is -1.95. The average molecular weight is 289 g/mol. The van der Waals surface area contributed by atoms with E-state index in [4.69, 9.17) is 16.3 Å². The monoisotopic (exact) mass is 288 g/mol. The van der Waals surface area contributed by atoms with E-state index in [1.807, 2.05) is 41.3 Å². The summed E-state index contributed by atoms with van der Waals surface area (Å²) in [7, 11) is 0. The number of alkyl halides is 1. The quantitative estimate of drug-likeness (QED) is 0.622. The Labute approximate surface area is 124 Å². The van der Waals surface area contributed by atoms with Crippen LogP contribution in [0.1, 0.15) is 24.5 Å². The Morgan fingerprint density at radius 2 is 2.10 bits per heavy atom. The SMILES string of the molecule is CCn1cc(COc2ccc(C#CCCCl)cc2)cn1. The second kappa shape index (κ2) is 7.62. The van der Waals surface area contributed by atoms with Gasteiger partial charge >= 0.3 is 0 Å². The van der Waals surface area contributed by atoms with Gasteiger partial charge in [-0.05, 0) is 31.2 Å². The highest BCUT2D eigenvalue weighted by molar-refractivity contribution is 6.18. The Morgan fingerprint density at radius 1 is 1.30 bits per heavy atom. The van der Waals surface area contributed by atoms with Crippen molar-refractivity contribution in [2.24, 2.45) is 0 Å². The van der Waals surface area contributed by atoms with Crippen molar-refractivity contribution in [2.75, 3.05) is 5.88 Å². The van der Waals surface area contributed by atoms with Crippen molar-refractivity contribution >= 4 is 11.6 Å². The molecule has 0 saturated carbocycles. The van der Waals surface area contributed by atoms with Crippen molar-refractivity contribution < 1.29 is 4.74 Å². The van der Waals surface area contributed by atoms with Crippen LogP contribution in [0.25, 0.3) is 0 Å². The van der Waals surface area contributed by atoms with Crippen LogP contribution in [-0.2, 0) is 13.2 Å². The maximum absolute atomic E-state index is 5.71. The van der Waals surface area contributed by atoms with Crippen molar-refractivity contribution in [3.8, 4) is 17.6 Å². The van der Waals surface area contributed by atoms with Crippen molar-refractivity contribution in [2.45, 2.75) is 26.5 Å². The van der Waals surface area contributed by atoms with Gasteiger partial charge in [0.15, 0.2) is 0 Å². The molecule has 4 heteroatoms. The molecule has 104 valence electrons. The third kappa shape index (κ3) is 4.32. The number of halogens is 1. The summed E-state index contributed by atoms with van der Waals surface area (Å²) in [6.45, 7) is 3.45. The lowest BCUT2D eigenvalue weighted by atomic mass is 10.2. The van der Waals surface area contributed by atoms with Crippen LogP contribution < -0.4 is 4.74 Å². The van der Waals surface area contributed by atoms with Crippen molar-refractivity contribution in [3.63, 3.8) is 0 Å². The fourth-order valence-corrected chi connectivity index (χ4v) is 1.76. The molecule has 0 fully saturated rings. The molecule has 2 rings (SSSR count). The molecular formula is C16H17ClN2O. The first-order chi connectivity index (χ1) is 9.81. The van der Waals surface area contributed by atoms with Crippen LogP contribution in [0.5, 0.6) is 5.75 Å². The van der Waals surface area contributed by atoms with E-state index in [2.05, 4.69) is 23.9 Å². The van der Waals surface area contributed by atoms with E-state index in [9.17, 15) is 0 Å². The predicted molar refractivity (Wildman–Crippen MR) is 80.9 cm³/mol. The largest absolute Gasteiger partial charge is 0.489 e. The zero-order valence-electron chi connectivity index (χ0n) is 11.5. The Balaban J connectivity index is 1.89. The Kier molecular flexibility index (Phi) is 5.52. The molecule has 1 heterocycles. The third-order valence-electron chi connectivity index (χ3n) is 2.72. The number of ether oxygens (including phenoxy) is 1. The van der Waals surface area contributed by atoms with Crippen LogP contribution in [-0.4, -0.2) is 15.7 Å². The van der Waals surface area contributed by atoms with Crippen molar-refractivity contribution in [3.05, 3.63) is 47.8 Å². The molecule has 3 nitrogen and oxygen atoms in total. The minimum atomic E-state index is 0.525. The number of aryl methyl sites for hydroxylation is 1. The molecule has 0 aliphatic carbocycles. The topological polar surface area (TPSA) is 27.1 Å². The van der Waals surface area contributed by atoms with Crippen molar-refractivity contribution in [1.29, 1.82) is 0 Å². The molecule has 0 radical (unpaired) electrons. The molecule has 0 amide bonds. The summed E-state index contributed by atoms with van der Waals surface area (Å²) in [6, 6.07) is 7.75. The molecule has 20 heavy (non-hydrogen) atoms. The number of nitrogens with zero attached hydrogens (tertiary/aromatic N) is 2. The van der Waals surface area contributed by atoms with Gasteiger partial charge in [-0.3, -0.25) is 4.68 Å². The van der Waals surface area contributed by atoms with Crippen LogP contribution in [0.15, 0.2) is 36.7 Å². The van der Waals surface area contributed by atoms with E-state index in [0.717, 1.165) is 23.4 Å². The van der Waals surface area contributed by atoms with Crippen molar-refractivity contribution in [1.82, 2.24) is 9.78 Å². The molecule has 1 aromatic heterocycles. The highest BCUT2D eigenvalue weighted by atomic mass is 35.5. The maximum atomic E-state index is 5.71. The molecule has 0 atom stereocenters. The van der Waals surface area contributed by atoms with E-state index >= 15 is 0 Å². The first kappa shape index (κ1) is 14.5. The van der Waals surface area contributed by atoms with Crippen LogP contribution in [0.2, 0.25) is 0 Å². The van der Waals surface area contributed by atoms with Gasteiger partial charge in [-0.1, -0.05) is 11.8 Å². The molecule has 0 saturated heterocycles. The second-order valence-electron chi connectivity index (χ2n) is 4.26. The number of hydrogen-bond acceptors (Lipinski definition) is 2. The van der Waals surface area contributed by atoms with Gasteiger partial charge in [-0.2, -0.15) is 5.10 Å². The van der Waals surface area contributed by atoms with Crippen LogP contribution >= 0.6 is 11.6 Å². The third-order valence-corrected chi connectivity index (χ3v) is 2.91. The number of rotatable bonds is 5. The summed E-state index contributed by atoms with van der Waals surface area (Å²) in [6.07, 6.45) is 4.53. The molecule has 0 aliphatic rings. The van der Waals surface area contributed by atoms with Gasteiger partial charge in [0.2, 0.25) is 0 Å². The van der Waals surface area contributed by atoms with Gasteiger partial charge in [-0.25, -0.2) is 0 Å². The summed E-state index contributed by atoms with van der Waals surface area (Å²) >= 11 is 5.58. The predicted octanol–water partition coefficient (Wildman–Crippen LogP) is 3.46. The van der Waals surface area contributed by atoms with Crippen LogP contribution in [0, 0.1) is 11.8 Å². The van der Waals surface area contributed by atoms with E-state index < -0.39 is 0 Å². The highest BCUT2D eigenvalue weighted by Gasteiger charge is 1.99. The van der Waals surface area contributed by atoms with Gasteiger partial charge in [0.25, 0.3) is 0 Å². The number of aromatic nitrogens is 2. The molecular weight excluding hydrogens is 272 g/mol. The number of benzene rings is 1. The minimum absolute atomic E-state index is 0.525. The zero-order valence-corrected chi connectivity index (χ0v) is 12.2. The Hall–Kier alpha value is -1.92. The van der Waals surface area contributed by atoms with Crippen LogP contribution in [0.4, 0.5) is 0 Å². The molecule has 2 aromatic rings. The molecule has 0 spiro atoms. The summed E-state index contributed by atoms with van der Waals surface area (Å²) in [5.41, 5.74) is 2.04. The Morgan fingerprint density at radius 3 is 2.75 bits per heavy atom. The standard InChI is InChI=1S/C16H17ClN2O/c1-2-19-12-15(11-18-19)13-20-16-8-6-14(7-9-16)5-3-4-10-17/h6-9,11-12H,2,4,10,13H2,1H3. The molecule has 0 N–H and O–H groups in total. The highest BCUT2D eigenvalue weighted by Crippen LogP contribution is 2.13. The smallest absolute Gasteiger partial charge is 0.119 e. The fourth-order valence-electron chi connectivity index (χ4n) is 1.67. The molecule has 0 aliphatic heterocycles. The first-order valence-corrected chi connectivity index (χ1v) is 7.14. The molecule has 1 aromatic carbocycles. The van der Waals surface area contributed by atoms with Gasteiger partial charge in [0.1, 0.15) is 12.4 Å². The van der Waals surface area contributed by atoms with Crippen LogP contribution in [0.3, 0.4) is 0 Å². The maximum Gasteiger partial charge on any atom is 0.119 e. The number of hydrogen-bond donors (Lipinski definition) is 0. The van der Waals surface area contributed by atoms with E-state index in [0.29, 0.717) is 18.9 Å². The van der Waals surface area contributed by atoms with Gasteiger partial charge in [0, 0.05) is 36.2 Å². The molecule has 0 bridgehead atoms. The average Bonchev–Trinajstić information content (AvgIpc) is 2.95. The van der Waals surface area contributed by atoms with Gasteiger partial charge in [-0.15, -0.1) is 11.6 Å². The molecule has 0 unspecified atom stereocenters. The zero-order chi connectivity index (χ0) is 14.2. The first-order valence-electron chi connectivity index (χ1n) is 6.61. The lowest BCUT2D eigenvalue weighted by Gasteiger charge is -2.04.